The van der Waals surface area contributed by atoms with E-state index in [1.54, 1.807) is 31.2 Å². The van der Waals surface area contributed by atoms with Crippen LogP contribution in [0.1, 0.15) is 28.8 Å². The lowest BCUT2D eigenvalue weighted by Gasteiger charge is -2.07. The van der Waals surface area contributed by atoms with Gasteiger partial charge in [-0.25, -0.2) is 14.8 Å². The number of nitrogens with one attached hydrogen (secondary N) is 1. The van der Waals surface area contributed by atoms with Crippen molar-refractivity contribution in [1.29, 1.82) is 0 Å². The second kappa shape index (κ2) is 8.44. The number of thioether (sulfide) groups is 1. The molecule has 24 heavy (non-hydrogen) atoms. The summed E-state index contributed by atoms with van der Waals surface area (Å²) in [5.74, 6) is 0.323. The van der Waals surface area contributed by atoms with Crippen molar-refractivity contribution >= 4 is 29.3 Å². The molecule has 0 spiro atoms. The fraction of sp³-hybridized carbons (Fsp3) is 0.294. The van der Waals surface area contributed by atoms with Crippen LogP contribution in [0.25, 0.3) is 0 Å². The first-order valence-electron chi connectivity index (χ1n) is 7.50. The molecule has 2 rings (SSSR count). The minimum absolute atomic E-state index is 0.171. The fourth-order valence-electron chi connectivity index (χ4n) is 2.03. The monoisotopic (exact) mass is 345 g/mol. The highest BCUT2D eigenvalue weighted by molar-refractivity contribution is 7.99. The highest BCUT2D eigenvalue weighted by Gasteiger charge is 2.09. The van der Waals surface area contributed by atoms with Gasteiger partial charge in [-0.2, -0.15) is 0 Å². The van der Waals surface area contributed by atoms with Crippen molar-refractivity contribution < 1.29 is 14.3 Å². The highest BCUT2D eigenvalue weighted by atomic mass is 32.2. The average Bonchev–Trinajstić information content (AvgIpc) is 2.52. The van der Waals surface area contributed by atoms with E-state index in [0.717, 1.165) is 10.7 Å². The third-order valence-electron chi connectivity index (χ3n) is 2.95. The molecule has 0 aliphatic carbocycles. The van der Waals surface area contributed by atoms with E-state index in [9.17, 15) is 9.59 Å². The van der Waals surface area contributed by atoms with Crippen LogP contribution in [-0.4, -0.2) is 34.2 Å². The highest BCUT2D eigenvalue weighted by Crippen LogP contribution is 2.17. The van der Waals surface area contributed by atoms with Crippen molar-refractivity contribution in [2.45, 2.75) is 25.8 Å². The molecule has 1 aromatic carbocycles. The van der Waals surface area contributed by atoms with E-state index in [0.29, 0.717) is 23.7 Å². The fourth-order valence-corrected chi connectivity index (χ4v) is 2.83. The molecule has 0 saturated carbocycles. The van der Waals surface area contributed by atoms with Gasteiger partial charge in [0, 0.05) is 11.4 Å². The van der Waals surface area contributed by atoms with Gasteiger partial charge in [0.05, 0.1) is 17.9 Å². The molecule has 0 unspecified atom stereocenters. The maximum Gasteiger partial charge on any atom is 0.338 e. The molecule has 1 amide bonds. The number of hydrogen-bond acceptors (Lipinski definition) is 6. The number of ether oxygens (including phenoxy) is 1. The van der Waals surface area contributed by atoms with Gasteiger partial charge in [-0.05, 0) is 45.0 Å². The van der Waals surface area contributed by atoms with Crippen LogP contribution in [0.5, 0.6) is 0 Å². The molecule has 126 valence electrons. The molecular formula is C17H19N3O3S. The van der Waals surface area contributed by atoms with E-state index in [2.05, 4.69) is 15.3 Å². The average molecular weight is 345 g/mol. The molecule has 7 heteroatoms. The molecule has 0 radical (unpaired) electrons. The van der Waals surface area contributed by atoms with Gasteiger partial charge in [-0.1, -0.05) is 17.8 Å². The minimum atomic E-state index is -0.407. The Labute approximate surface area is 145 Å². The zero-order valence-corrected chi connectivity index (χ0v) is 14.6. The van der Waals surface area contributed by atoms with Crippen LogP contribution >= 0.6 is 11.8 Å². The standard InChI is InChI=1S/C17H19N3O3S/c1-4-23-17(22)13-6-5-7-14(9-13)20-15(21)10-24-16-8-11(2)18-12(3)19-16/h5-9H,4,10H2,1-3H3,(H,20,21). The number of aryl methyl sites for hydroxylation is 2. The number of hydrogen-bond donors (Lipinski definition) is 1. The molecule has 0 aliphatic heterocycles. The van der Waals surface area contributed by atoms with Crippen molar-refractivity contribution in [2.75, 3.05) is 17.7 Å². The van der Waals surface area contributed by atoms with Crippen LogP contribution in [0, 0.1) is 13.8 Å². The summed E-state index contributed by atoms with van der Waals surface area (Å²) in [4.78, 5) is 32.3. The first-order valence-corrected chi connectivity index (χ1v) is 8.48. The Balaban J connectivity index is 1.94. The Kier molecular flexibility index (Phi) is 6.31. The van der Waals surface area contributed by atoms with E-state index in [1.807, 2.05) is 19.9 Å². The Bertz CT molecular complexity index is 729. The Morgan fingerprint density at radius 1 is 1.21 bits per heavy atom. The molecule has 2 aromatic rings. The predicted molar refractivity (Wildman–Crippen MR) is 93.3 cm³/mol. The number of carbonyl (C=O) groups excluding carboxylic acids is 2. The third kappa shape index (κ3) is 5.34. The number of aromatic nitrogens is 2. The zero-order chi connectivity index (χ0) is 17.5. The lowest BCUT2D eigenvalue weighted by Crippen LogP contribution is -2.15. The van der Waals surface area contributed by atoms with Crippen molar-refractivity contribution in [3.05, 3.63) is 47.4 Å². The second-order valence-corrected chi connectivity index (χ2v) is 6.03. The van der Waals surface area contributed by atoms with Gasteiger partial charge >= 0.3 is 5.97 Å². The molecule has 1 heterocycles. The smallest absolute Gasteiger partial charge is 0.338 e. The summed E-state index contributed by atoms with van der Waals surface area (Å²) in [5, 5.41) is 3.53. The van der Waals surface area contributed by atoms with Crippen LogP contribution in [0.15, 0.2) is 35.4 Å². The van der Waals surface area contributed by atoms with Crippen LogP contribution in [0.3, 0.4) is 0 Å². The van der Waals surface area contributed by atoms with Crippen molar-refractivity contribution in [3.63, 3.8) is 0 Å². The quantitative estimate of drug-likeness (QED) is 0.492. The lowest BCUT2D eigenvalue weighted by molar-refractivity contribution is -0.113. The van der Waals surface area contributed by atoms with Gasteiger partial charge in [0.1, 0.15) is 10.9 Å². The van der Waals surface area contributed by atoms with Gasteiger partial charge < -0.3 is 10.1 Å². The Hall–Kier alpha value is -2.41. The molecule has 6 nitrogen and oxygen atoms in total. The number of benzene rings is 1. The van der Waals surface area contributed by atoms with E-state index < -0.39 is 5.97 Å². The van der Waals surface area contributed by atoms with Gasteiger partial charge in [-0.15, -0.1) is 0 Å². The maximum absolute atomic E-state index is 12.1. The largest absolute Gasteiger partial charge is 0.462 e. The van der Waals surface area contributed by atoms with Gasteiger partial charge in [0.2, 0.25) is 5.91 Å². The van der Waals surface area contributed by atoms with E-state index >= 15 is 0 Å². The lowest BCUT2D eigenvalue weighted by atomic mass is 10.2. The summed E-state index contributed by atoms with van der Waals surface area (Å²) in [5.41, 5.74) is 1.83. The topological polar surface area (TPSA) is 81.2 Å². The number of esters is 1. The van der Waals surface area contributed by atoms with E-state index in [-0.39, 0.29) is 11.7 Å². The summed E-state index contributed by atoms with van der Waals surface area (Å²) in [6.45, 7) is 5.76. The molecule has 0 saturated heterocycles. The van der Waals surface area contributed by atoms with E-state index in [4.69, 9.17) is 4.74 Å². The number of amides is 1. The third-order valence-corrected chi connectivity index (χ3v) is 3.86. The maximum atomic E-state index is 12.1. The predicted octanol–water partition coefficient (Wildman–Crippen LogP) is 3.00. The van der Waals surface area contributed by atoms with Gasteiger partial charge in [-0.3, -0.25) is 4.79 Å². The zero-order valence-electron chi connectivity index (χ0n) is 13.8. The molecule has 0 aliphatic rings. The van der Waals surface area contributed by atoms with Crippen molar-refractivity contribution in [3.8, 4) is 0 Å². The van der Waals surface area contributed by atoms with Crippen molar-refractivity contribution in [1.82, 2.24) is 9.97 Å². The molecule has 0 fully saturated rings. The number of nitrogens with zero attached hydrogens (tertiary/aromatic N) is 2. The number of rotatable bonds is 6. The summed E-state index contributed by atoms with van der Waals surface area (Å²) in [6.07, 6.45) is 0. The van der Waals surface area contributed by atoms with Crippen LogP contribution in [0.4, 0.5) is 5.69 Å². The van der Waals surface area contributed by atoms with E-state index in [1.165, 1.54) is 11.8 Å². The molecular weight excluding hydrogens is 326 g/mol. The Morgan fingerprint density at radius 3 is 2.71 bits per heavy atom. The minimum Gasteiger partial charge on any atom is -0.462 e. The normalized spacial score (nSPS) is 10.3. The van der Waals surface area contributed by atoms with Gasteiger partial charge in [0.25, 0.3) is 0 Å². The molecule has 0 bridgehead atoms. The first-order chi connectivity index (χ1) is 11.5. The number of anilines is 1. The summed E-state index contributed by atoms with van der Waals surface area (Å²) in [7, 11) is 0. The Morgan fingerprint density at radius 2 is 2.00 bits per heavy atom. The SMILES string of the molecule is CCOC(=O)c1cccc(NC(=O)CSc2cc(C)nc(C)n2)c1. The molecule has 1 aromatic heterocycles. The summed E-state index contributed by atoms with van der Waals surface area (Å²) < 4.78 is 4.95. The van der Waals surface area contributed by atoms with Gasteiger partial charge in [0.15, 0.2) is 0 Å². The van der Waals surface area contributed by atoms with Crippen molar-refractivity contribution in [2.24, 2.45) is 0 Å². The molecule has 0 atom stereocenters. The summed E-state index contributed by atoms with van der Waals surface area (Å²) in [6, 6.07) is 8.51. The van der Waals surface area contributed by atoms with Crippen LogP contribution in [0.2, 0.25) is 0 Å². The first kappa shape index (κ1) is 17.9. The van der Waals surface area contributed by atoms with Crippen LogP contribution in [-0.2, 0) is 9.53 Å². The number of carbonyl (C=O) groups is 2. The second-order valence-electron chi connectivity index (χ2n) is 5.03. The summed E-state index contributed by atoms with van der Waals surface area (Å²) >= 11 is 1.34. The molecule has 1 N–H and O–H groups in total. The van der Waals surface area contributed by atoms with Crippen LogP contribution < -0.4 is 5.32 Å².